The summed E-state index contributed by atoms with van der Waals surface area (Å²) in [5.41, 5.74) is 1.69. The quantitative estimate of drug-likeness (QED) is 0.737. The Morgan fingerprint density at radius 2 is 1.74 bits per heavy atom. The van der Waals surface area contributed by atoms with Crippen molar-refractivity contribution in [3.05, 3.63) is 33.7 Å². The molecule has 1 amide bonds. The normalized spacial score (nSPS) is 9.93. The van der Waals surface area contributed by atoms with Gasteiger partial charge in [0.05, 0.1) is 26.9 Å². The van der Waals surface area contributed by atoms with Crippen molar-refractivity contribution in [1.82, 2.24) is 5.32 Å². The largest absolute Gasteiger partial charge is 0.493 e. The summed E-state index contributed by atoms with van der Waals surface area (Å²) in [4.78, 5) is 13.6. The summed E-state index contributed by atoms with van der Waals surface area (Å²) < 4.78 is 15.7. The number of ether oxygens (including phenoxy) is 3. The van der Waals surface area contributed by atoms with Crippen LogP contribution in [-0.2, 0) is 0 Å². The maximum absolute atomic E-state index is 12.6. The third kappa shape index (κ3) is 4.30. The van der Waals surface area contributed by atoms with Crippen LogP contribution in [0.4, 0.5) is 5.00 Å². The van der Waals surface area contributed by atoms with E-state index in [1.54, 1.807) is 0 Å². The third-order valence-electron chi connectivity index (χ3n) is 3.88. The van der Waals surface area contributed by atoms with Crippen molar-refractivity contribution in [2.45, 2.75) is 13.8 Å². The van der Waals surface area contributed by atoms with Crippen LogP contribution in [-0.4, -0.2) is 32.3 Å². The Kier molecular flexibility index (Phi) is 6.60. The second kappa shape index (κ2) is 8.70. The average molecular weight is 406 g/mol. The maximum atomic E-state index is 12.6. The second-order valence-corrected chi connectivity index (χ2v) is 7.05. The van der Waals surface area contributed by atoms with Crippen LogP contribution < -0.4 is 24.8 Å². The van der Waals surface area contributed by atoms with Gasteiger partial charge in [0.15, 0.2) is 16.6 Å². The van der Waals surface area contributed by atoms with Gasteiger partial charge >= 0.3 is 0 Å². The lowest BCUT2D eigenvalue weighted by Gasteiger charge is -2.14. The number of carbonyl (C=O) groups is 1. The molecule has 0 saturated heterocycles. The van der Waals surface area contributed by atoms with Gasteiger partial charge in [0, 0.05) is 10.4 Å². The molecule has 0 saturated carbocycles. The lowest BCUT2D eigenvalue weighted by atomic mass is 10.1. The molecule has 0 unspecified atom stereocenters. The minimum atomic E-state index is -0.449. The molecule has 9 heteroatoms. The van der Waals surface area contributed by atoms with Crippen LogP contribution in [0, 0.1) is 25.2 Å². The van der Waals surface area contributed by atoms with E-state index in [0.29, 0.717) is 27.8 Å². The van der Waals surface area contributed by atoms with Crippen LogP contribution in [0.3, 0.4) is 0 Å². The standard InChI is InChI=1S/C18H19N3O4S2/c1-9-10(2)27-17(12(9)8-19)21-18(26)20-16(22)11-6-13(23-3)15(25-5)14(7-11)24-4/h6-7H,1-5H3,(H2,20,21,22,26). The molecule has 0 bridgehead atoms. The summed E-state index contributed by atoms with van der Waals surface area (Å²) in [6, 6.07) is 5.20. The van der Waals surface area contributed by atoms with Gasteiger partial charge in [0.2, 0.25) is 5.75 Å². The average Bonchev–Trinajstić information content (AvgIpc) is 2.92. The highest BCUT2D eigenvalue weighted by Crippen LogP contribution is 2.38. The molecule has 0 aliphatic carbocycles. The number of thiophene rings is 1. The topological polar surface area (TPSA) is 92.6 Å². The number of anilines is 1. The zero-order valence-corrected chi connectivity index (χ0v) is 17.2. The van der Waals surface area contributed by atoms with E-state index >= 15 is 0 Å². The summed E-state index contributed by atoms with van der Waals surface area (Å²) in [5, 5.41) is 15.5. The number of amides is 1. The number of aryl methyl sites for hydroxylation is 1. The molecular formula is C18H19N3O4S2. The first-order chi connectivity index (χ1) is 12.9. The number of thiocarbonyl (C=S) groups is 1. The van der Waals surface area contributed by atoms with Crippen LogP contribution in [0.25, 0.3) is 0 Å². The van der Waals surface area contributed by atoms with Gasteiger partial charge < -0.3 is 19.5 Å². The molecule has 27 heavy (non-hydrogen) atoms. The Bertz CT molecular complexity index is 906. The van der Waals surface area contributed by atoms with Gasteiger partial charge in [-0.2, -0.15) is 5.26 Å². The zero-order valence-electron chi connectivity index (χ0n) is 15.6. The number of carbonyl (C=O) groups excluding carboxylic acids is 1. The molecule has 0 radical (unpaired) electrons. The zero-order chi connectivity index (χ0) is 20.1. The van der Waals surface area contributed by atoms with Crippen molar-refractivity contribution in [1.29, 1.82) is 5.26 Å². The van der Waals surface area contributed by atoms with Crippen LogP contribution in [0.1, 0.15) is 26.4 Å². The van der Waals surface area contributed by atoms with Crippen molar-refractivity contribution in [2.75, 3.05) is 26.6 Å². The summed E-state index contributed by atoms with van der Waals surface area (Å²) in [5.74, 6) is 0.657. The number of rotatable bonds is 5. The molecule has 0 aliphatic heterocycles. The Labute approximate surface area is 166 Å². The predicted molar refractivity (Wildman–Crippen MR) is 108 cm³/mol. The first-order valence-electron chi connectivity index (χ1n) is 7.78. The van der Waals surface area contributed by atoms with Crippen molar-refractivity contribution in [3.63, 3.8) is 0 Å². The van der Waals surface area contributed by atoms with Crippen molar-refractivity contribution in [3.8, 4) is 23.3 Å². The molecular weight excluding hydrogens is 386 g/mol. The SMILES string of the molecule is COc1cc(C(=O)NC(=S)Nc2sc(C)c(C)c2C#N)cc(OC)c1OC. The van der Waals surface area contributed by atoms with Gasteiger partial charge in [0.1, 0.15) is 11.1 Å². The van der Waals surface area contributed by atoms with Gasteiger partial charge in [-0.05, 0) is 43.8 Å². The van der Waals surface area contributed by atoms with Crippen molar-refractivity contribution in [2.24, 2.45) is 0 Å². The van der Waals surface area contributed by atoms with Crippen molar-refractivity contribution >= 4 is 39.6 Å². The van der Waals surface area contributed by atoms with E-state index in [1.807, 2.05) is 13.8 Å². The summed E-state index contributed by atoms with van der Waals surface area (Å²) in [6.45, 7) is 3.79. The van der Waals surface area contributed by atoms with Gasteiger partial charge in [-0.1, -0.05) is 0 Å². The Hall–Kier alpha value is -2.83. The molecule has 2 rings (SSSR count). The molecule has 2 aromatic rings. The fourth-order valence-electron chi connectivity index (χ4n) is 2.37. The maximum Gasteiger partial charge on any atom is 0.257 e. The van der Waals surface area contributed by atoms with E-state index in [9.17, 15) is 10.1 Å². The molecule has 0 atom stereocenters. The minimum Gasteiger partial charge on any atom is -0.493 e. The summed E-state index contributed by atoms with van der Waals surface area (Å²) in [7, 11) is 4.42. The Morgan fingerprint density at radius 3 is 2.22 bits per heavy atom. The molecule has 2 N–H and O–H groups in total. The van der Waals surface area contributed by atoms with Gasteiger partial charge in [-0.3, -0.25) is 10.1 Å². The van der Waals surface area contributed by atoms with Gasteiger partial charge in [-0.25, -0.2) is 0 Å². The molecule has 1 aromatic carbocycles. The number of hydrogen-bond acceptors (Lipinski definition) is 7. The predicted octanol–water partition coefficient (Wildman–Crippen LogP) is 3.39. The number of methoxy groups -OCH3 is 3. The first kappa shape index (κ1) is 20.5. The monoisotopic (exact) mass is 405 g/mol. The highest BCUT2D eigenvalue weighted by atomic mass is 32.1. The molecule has 1 heterocycles. The second-order valence-electron chi connectivity index (χ2n) is 5.42. The summed E-state index contributed by atoms with van der Waals surface area (Å²) in [6.07, 6.45) is 0. The van der Waals surface area contributed by atoms with E-state index in [4.69, 9.17) is 26.4 Å². The number of nitrogens with one attached hydrogen (secondary N) is 2. The Morgan fingerprint density at radius 1 is 1.15 bits per heavy atom. The Balaban J connectivity index is 2.21. The number of benzene rings is 1. The molecule has 0 aliphatic rings. The lowest BCUT2D eigenvalue weighted by Crippen LogP contribution is -2.34. The number of hydrogen-bond donors (Lipinski definition) is 2. The highest BCUT2D eigenvalue weighted by molar-refractivity contribution is 7.80. The third-order valence-corrected chi connectivity index (χ3v) is 5.20. The van der Waals surface area contributed by atoms with Gasteiger partial charge in [0.25, 0.3) is 5.91 Å². The molecule has 1 aromatic heterocycles. The van der Waals surface area contributed by atoms with E-state index in [1.165, 1.54) is 44.8 Å². The minimum absolute atomic E-state index is 0.0894. The summed E-state index contributed by atoms with van der Waals surface area (Å²) >= 11 is 6.62. The fourth-order valence-corrected chi connectivity index (χ4v) is 3.65. The molecule has 0 fully saturated rings. The lowest BCUT2D eigenvalue weighted by molar-refractivity contribution is 0.0977. The number of nitriles is 1. The van der Waals surface area contributed by atoms with Crippen LogP contribution >= 0.6 is 23.6 Å². The molecule has 0 spiro atoms. The first-order valence-corrected chi connectivity index (χ1v) is 9.01. The van der Waals surface area contributed by atoms with E-state index in [-0.39, 0.29) is 10.7 Å². The number of nitrogens with zero attached hydrogens (tertiary/aromatic N) is 1. The van der Waals surface area contributed by atoms with E-state index in [0.717, 1.165) is 10.4 Å². The highest BCUT2D eigenvalue weighted by Gasteiger charge is 2.19. The van der Waals surface area contributed by atoms with Crippen LogP contribution in [0.5, 0.6) is 17.2 Å². The smallest absolute Gasteiger partial charge is 0.257 e. The molecule has 7 nitrogen and oxygen atoms in total. The molecule has 142 valence electrons. The van der Waals surface area contributed by atoms with Crippen LogP contribution in [0.2, 0.25) is 0 Å². The van der Waals surface area contributed by atoms with Gasteiger partial charge in [-0.15, -0.1) is 11.3 Å². The van der Waals surface area contributed by atoms with Crippen molar-refractivity contribution < 1.29 is 19.0 Å². The fraction of sp³-hybridized carbons (Fsp3) is 0.278. The van der Waals surface area contributed by atoms with E-state index < -0.39 is 5.91 Å². The van der Waals surface area contributed by atoms with E-state index in [2.05, 4.69) is 16.7 Å². The van der Waals surface area contributed by atoms with Crippen LogP contribution in [0.15, 0.2) is 12.1 Å².